The molecule has 0 aliphatic heterocycles. The van der Waals surface area contributed by atoms with Crippen LogP contribution in [0.2, 0.25) is 0 Å². The number of aromatic nitrogens is 1. The van der Waals surface area contributed by atoms with Crippen LogP contribution >= 0.6 is 0 Å². The summed E-state index contributed by atoms with van der Waals surface area (Å²) in [6.07, 6.45) is 3.44. The van der Waals surface area contributed by atoms with Crippen LogP contribution in [0.5, 0.6) is 0 Å². The van der Waals surface area contributed by atoms with Gasteiger partial charge in [-0.15, -0.1) is 0 Å². The van der Waals surface area contributed by atoms with Crippen molar-refractivity contribution in [2.24, 2.45) is 0 Å². The first-order valence-corrected chi connectivity index (χ1v) is 12.6. The van der Waals surface area contributed by atoms with Crippen LogP contribution in [0.1, 0.15) is 48.9 Å². The fourth-order valence-electron chi connectivity index (χ4n) is 5.33. The molecule has 0 fully saturated rings. The number of ether oxygens (including phenoxy) is 1. The number of benzene rings is 3. The fraction of sp³-hybridized carbons (Fsp3) is 0.250. The van der Waals surface area contributed by atoms with E-state index in [2.05, 4.69) is 102 Å². The highest BCUT2D eigenvalue weighted by Gasteiger charge is 2.37. The summed E-state index contributed by atoms with van der Waals surface area (Å²) in [6.45, 7) is 4.40. The van der Waals surface area contributed by atoms with Gasteiger partial charge in [-0.3, -0.25) is 4.79 Å². The van der Waals surface area contributed by atoms with E-state index >= 15 is 0 Å². The minimum Gasteiger partial charge on any atom is -0.466 e. The Morgan fingerprint density at radius 3 is 2.23 bits per heavy atom. The number of carbonyl (C=O) groups excluding carboxylic acids is 1. The molecule has 1 heterocycles. The molecule has 0 spiro atoms. The van der Waals surface area contributed by atoms with Crippen molar-refractivity contribution in [3.63, 3.8) is 0 Å². The molecule has 0 amide bonds. The maximum Gasteiger partial charge on any atom is 0.306 e. The van der Waals surface area contributed by atoms with E-state index in [9.17, 15) is 4.79 Å². The zero-order chi connectivity index (χ0) is 24.2. The van der Waals surface area contributed by atoms with E-state index < -0.39 is 0 Å². The van der Waals surface area contributed by atoms with Gasteiger partial charge in [0.05, 0.1) is 18.9 Å². The molecule has 176 valence electrons. The van der Waals surface area contributed by atoms with Crippen LogP contribution in [0.3, 0.4) is 0 Å². The maximum absolute atomic E-state index is 12.7. The molecule has 5 rings (SSSR count). The summed E-state index contributed by atoms with van der Waals surface area (Å²) in [5, 5.41) is 0. The lowest BCUT2D eigenvalue weighted by molar-refractivity contribution is -0.595. The molecule has 0 saturated carbocycles. The summed E-state index contributed by atoms with van der Waals surface area (Å²) >= 11 is 0. The third-order valence-electron chi connectivity index (χ3n) is 6.93. The minimum atomic E-state index is -0.118. The summed E-state index contributed by atoms with van der Waals surface area (Å²) in [6, 6.07) is 32.3. The van der Waals surface area contributed by atoms with Crippen molar-refractivity contribution in [1.29, 1.82) is 0 Å². The van der Waals surface area contributed by atoms with Gasteiger partial charge < -0.3 is 4.74 Å². The molecule has 4 aromatic rings. The topological polar surface area (TPSA) is 30.2 Å². The van der Waals surface area contributed by atoms with Gasteiger partial charge in [-0.1, -0.05) is 66.2 Å². The molecule has 1 aromatic heterocycles. The number of carbonyl (C=O) groups is 1. The molecule has 0 bridgehead atoms. The smallest absolute Gasteiger partial charge is 0.306 e. The average Bonchev–Trinajstić information content (AvgIpc) is 2.90. The Morgan fingerprint density at radius 2 is 1.57 bits per heavy atom. The van der Waals surface area contributed by atoms with Gasteiger partial charge >= 0.3 is 5.97 Å². The Kier molecular flexibility index (Phi) is 6.76. The van der Waals surface area contributed by atoms with Gasteiger partial charge in [0.2, 0.25) is 11.4 Å². The summed E-state index contributed by atoms with van der Waals surface area (Å²) in [4.78, 5) is 12.7. The Bertz CT molecular complexity index is 1310. The molecule has 1 atom stereocenters. The van der Waals surface area contributed by atoms with Gasteiger partial charge in [0.25, 0.3) is 0 Å². The monoisotopic (exact) mass is 462 g/mol. The predicted octanol–water partition coefficient (Wildman–Crippen LogP) is 6.98. The highest BCUT2D eigenvalue weighted by Crippen LogP contribution is 2.40. The second-order valence-corrected chi connectivity index (χ2v) is 9.31. The molecule has 1 unspecified atom stereocenters. The number of hydrogen-bond donors (Lipinski definition) is 0. The summed E-state index contributed by atoms with van der Waals surface area (Å²) in [5.41, 5.74) is 9.72. The number of rotatable bonds is 6. The lowest BCUT2D eigenvalue weighted by atomic mass is 9.80. The number of pyridine rings is 1. The van der Waals surface area contributed by atoms with Gasteiger partial charge in [-0.2, -0.15) is 4.57 Å². The summed E-state index contributed by atoms with van der Waals surface area (Å²) in [5.74, 6) is -0.0163. The number of nitrogens with zero attached hydrogens (tertiary/aromatic N) is 1. The zero-order valence-electron chi connectivity index (χ0n) is 20.5. The number of aryl methyl sites for hydroxylation is 1. The van der Waals surface area contributed by atoms with E-state index in [0.29, 0.717) is 13.0 Å². The van der Waals surface area contributed by atoms with Crippen molar-refractivity contribution in [3.8, 4) is 28.1 Å². The second kappa shape index (κ2) is 10.3. The molecular weight excluding hydrogens is 430 g/mol. The molecule has 3 aromatic carbocycles. The van der Waals surface area contributed by atoms with E-state index in [-0.39, 0.29) is 11.9 Å². The normalized spacial score (nSPS) is 14.9. The molecule has 1 aliphatic carbocycles. The SMILES string of the molecule is CCOC(=O)CC1CCCc2c(-c3ccccc3)cc(-c3ccccc3)[n+](-c3ccc(C)cc3)c21. The van der Waals surface area contributed by atoms with Crippen molar-refractivity contribution in [2.75, 3.05) is 6.61 Å². The fourth-order valence-corrected chi connectivity index (χ4v) is 5.33. The quantitative estimate of drug-likeness (QED) is 0.229. The van der Waals surface area contributed by atoms with E-state index in [1.54, 1.807) is 0 Å². The van der Waals surface area contributed by atoms with E-state index in [4.69, 9.17) is 4.74 Å². The van der Waals surface area contributed by atoms with Gasteiger partial charge in [-0.25, -0.2) is 0 Å². The summed E-state index contributed by atoms with van der Waals surface area (Å²) < 4.78 is 7.80. The molecule has 1 aliphatic rings. The summed E-state index contributed by atoms with van der Waals surface area (Å²) in [7, 11) is 0. The number of fused-ring (bicyclic) bond motifs is 1. The Labute approximate surface area is 208 Å². The molecule has 35 heavy (non-hydrogen) atoms. The van der Waals surface area contributed by atoms with Crippen LogP contribution in [0, 0.1) is 6.92 Å². The van der Waals surface area contributed by atoms with E-state index in [1.165, 1.54) is 27.9 Å². The van der Waals surface area contributed by atoms with E-state index in [0.717, 1.165) is 36.2 Å². The molecule has 0 saturated heterocycles. The Balaban J connectivity index is 1.83. The molecular formula is C32H32NO2+. The Hall–Kier alpha value is -3.72. The first-order valence-electron chi connectivity index (χ1n) is 12.6. The van der Waals surface area contributed by atoms with Gasteiger partial charge in [0.15, 0.2) is 5.69 Å². The van der Waals surface area contributed by atoms with Crippen molar-refractivity contribution in [1.82, 2.24) is 0 Å². The lowest BCUT2D eigenvalue weighted by Crippen LogP contribution is -2.43. The van der Waals surface area contributed by atoms with Gasteiger partial charge in [0.1, 0.15) is 0 Å². The van der Waals surface area contributed by atoms with Crippen LogP contribution in [-0.4, -0.2) is 12.6 Å². The number of esters is 1. The average molecular weight is 463 g/mol. The van der Waals surface area contributed by atoms with Crippen LogP contribution < -0.4 is 4.57 Å². The third-order valence-corrected chi connectivity index (χ3v) is 6.93. The third kappa shape index (κ3) is 4.77. The van der Waals surface area contributed by atoms with Crippen LogP contribution in [-0.2, 0) is 16.0 Å². The zero-order valence-corrected chi connectivity index (χ0v) is 20.5. The van der Waals surface area contributed by atoms with Crippen molar-refractivity contribution in [2.45, 2.75) is 45.4 Å². The van der Waals surface area contributed by atoms with E-state index in [1.807, 2.05) is 6.92 Å². The highest BCUT2D eigenvalue weighted by molar-refractivity contribution is 5.75. The van der Waals surface area contributed by atoms with Crippen LogP contribution in [0.4, 0.5) is 0 Å². The highest BCUT2D eigenvalue weighted by atomic mass is 16.5. The first kappa shape index (κ1) is 23.0. The molecule has 3 heteroatoms. The van der Waals surface area contributed by atoms with Gasteiger partial charge in [-0.05, 0) is 56.4 Å². The molecule has 0 radical (unpaired) electrons. The standard InChI is InChI=1S/C32H32NO2/c1-3-35-31(34)21-26-15-10-16-28-29(24-11-6-4-7-12-24)22-30(25-13-8-5-9-14-25)33(32(26)28)27-19-17-23(2)18-20-27/h4-9,11-14,17-20,22,26H,3,10,15-16,21H2,1-2H3/q+1. The van der Waals surface area contributed by atoms with Crippen molar-refractivity contribution < 1.29 is 14.1 Å². The van der Waals surface area contributed by atoms with Crippen molar-refractivity contribution in [3.05, 3.63) is 108 Å². The van der Waals surface area contributed by atoms with Crippen molar-refractivity contribution >= 4 is 5.97 Å². The van der Waals surface area contributed by atoms with Gasteiger partial charge in [0, 0.05) is 29.3 Å². The largest absolute Gasteiger partial charge is 0.466 e. The first-order chi connectivity index (χ1) is 17.2. The molecule has 0 N–H and O–H groups in total. The number of hydrogen-bond acceptors (Lipinski definition) is 2. The maximum atomic E-state index is 12.7. The molecule has 3 nitrogen and oxygen atoms in total. The Morgan fingerprint density at radius 1 is 0.914 bits per heavy atom. The van der Waals surface area contributed by atoms with Crippen LogP contribution in [0.25, 0.3) is 28.1 Å². The predicted molar refractivity (Wildman–Crippen MR) is 141 cm³/mol. The minimum absolute atomic E-state index is 0.102. The second-order valence-electron chi connectivity index (χ2n) is 9.31. The van der Waals surface area contributed by atoms with Crippen LogP contribution in [0.15, 0.2) is 91.0 Å². The lowest BCUT2D eigenvalue weighted by Gasteiger charge is -2.26.